The van der Waals surface area contributed by atoms with Crippen molar-refractivity contribution in [2.24, 2.45) is 0 Å². The Morgan fingerprint density at radius 1 is 0.686 bits per heavy atom. The maximum Gasteiger partial charge on any atom is 0.387 e. The summed E-state index contributed by atoms with van der Waals surface area (Å²) in [6.45, 7) is -0.655. The van der Waals surface area contributed by atoms with Gasteiger partial charge >= 0.3 is 12.6 Å². The van der Waals surface area contributed by atoms with E-state index < -0.39 is 12.6 Å². The quantitative estimate of drug-likeness (QED) is 0.131. The van der Waals surface area contributed by atoms with Gasteiger partial charge in [-0.1, -0.05) is 88.3 Å². The van der Waals surface area contributed by atoms with E-state index >= 15 is 0 Å². The van der Waals surface area contributed by atoms with Gasteiger partial charge in [0.05, 0.1) is 5.56 Å². The van der Waals surface area contributed by atoms with Gasteiger partial charge in [-0.05, 0) is 65.9 Å². The summed E-state index contributed by atoms with van der Waals surface area (Å²) in [7, 11) is 0. The number of esters is 1. The topological polar surface area (TPSA) is 35.5 Å². The third kappa shape index (κ3) is 9.16. The highest BCUT2D eigenvalue weighted by Crippen LogP contribution is 2.24. The number of hydrogen-bond donors (Lipinski definition) is 0. The van der Waals surface area contributed by atoms with E-state index in [1.54, 1.807) is 12.1 Å². The van der Waals surface area contributed by atoms with Crippen molar-refractivity contribution in [3.05, 3.63) is 83.9 Å². The Hall–Kier alpha value is -3.21. The van der Waals surface area contributed by atoms with E-state index in [9.17, 15) is 13.6 Å². The van der Waals surface area contributed by atoms with Gasteiger partial charge in [0.2, 0.25) is 0 Å². The van der Waals surface area contributed by atoms with E-state index in [0.29, 0.717) is 5.75 Å². The van der Waals surface area contributed by atoms with Crippen LogP contribution in [-0.2, 0) is 6.42 Å². The lowest BCUT2D eigenvalue weighted by Crippen LogP contribution is -2.08. The molecule has 0 aliphatic heterocycles. The molecule has 0 fully saturated rings. The molecule has 0 saturated heterocycles. The molecule has 5 heteroatoms. The summed E-state index contributed by atoms with van der Waals surface area (Å²) in [6, 6.07) is 21.4. The molecule has 0 aromatic heterocycles. The SMILES string of the molecule is CCCCCCCCCCc1ccc(-c2ccc(OC(=O)c3ccc(OC(F)F)cc3)cc2)cc1. The van der Waals surface area contributed by atoms with Gasteiger partial charge in [-0.3, -0.25) is 0 Å². The maximum atomic E-state index is 12.3. The standard InChI is InChI=1S/C30H34F2O3/c1-2-3-4-5-6-7-8-9-10-23-11-13-24(14-12-23)25-15-19-27(20-16-25)34-29(33)26-17-21-28(22-18-26)35-30(31)32/h11-22,30H,2-10H2,1H3. The van der Waals surface area contributed by atoms with Crippen LogP contribution < -0.4 is 9.47 Å². The van der Waals surface area contributed by atoms with Gasteiger partial charge < -0.3 is 9.47 Å². The molecule has 0 aliphatic rings. The Balaban J connectivity index is 1.44. The third-order valence-electron chi connectivity index (χ3n) is 5.99. The van der Waals surface area contributed by atoms with E-state index in [-0.39, 0.29) is 11.3 Å². The average Bonchev–Trinajstić information content (AvgIpc) is 2.86. The van der Waals surface area contributed by atoms with Crippen molar-refractivity contribution in [3.63, 3.8) is 0 Å². The first-order valence-electron chi connectivity index (χ1n) is 12.5. The summed E-state index contributed by atoms with van der Waals surface area (Å²) < 4.78 is 34.2. The monoisotopic (exact) mass is 480 g/mol. The molecule has 186 valence electrons. The molecule has 3 aromatic rings. The summed E-state index contributed by atoms with van der Waals surface area (Å²) in [5, 5.41) is 0. The van der Waals surface area contributed by atoms with Crippen LogP contribution in [-0.4, -0.2) is 12.6 Å². The Bertz CT molecular complexity index is 1010. The molecule has 3 nitrogen and oxygen atoms in total. The van der Waals surface area contributed by atoms with Crippen molar-refractivity contribution in [2.45, 2.75) is 71.3 Å². The molecule has 0 amide bonds. The van der Waals surface area contributed by atoms with Crippen LogP contribution in [0.1, 0.15) is 74.2 Å². The molecule has 35 heavy (non-hydrogen) atoms. The highest BCUT2D eigenvalue weighted by Gasteiger charge is 2.11. The number of alkyl halides is 2. The van der Waals surface area contributed by atoms with Gasteiger partial charge in [-0.2, -0.15) is 8.78 Å². The van der Waals surface area contributed by atoms with Crippen molar-refractivity contribution in [1.29, 1.82) is 0 Å². The van der Waals surface area contributed by atoms with Crippen molar-refractivity contribution >= 4 is 5.97 Å². The second kappa shape index (κ2) is 14.2. The fourth-order valence-corrected chi connectivity index (χ4v) is 3.98. The zero-order valence-electron chi connectivity index (χ0n) is 20.4. The van der Waals surface area contributed by atoms with Gasteiger partial charge in [0.15, 0.2) is 0 Å². The average molecular weight is 481 g/mol. The third-order valence-corrected chi connectivity index (χ3v) is 5.99. The second-order valence-electron chi connectivity index (χ2n) is 8.74. The minimum atomic E-state index is -2.91. The number of carbonyl (C=O) groups excluding carboxylic acids is 1. The van der Waals surface area contributed by atoms with Crippen LogP contribution >= 0.6 is 0 Å². The smallest absolute Gasteiger partial charge is 0.387 e. The van der Waals surface area contributed by atoms with Crippen molar-refractivity contribution in [1.82, 2.24) is 0 Å². The summed E-state index contributed by atoms with van der Waals surface area (Å²) in [5.41, 5.74) is 3.76. The summed E-state index contributed by atoms with van der Waals surface area (Å²) in [6.07, 6.45) is 11.7. The first-order chi connectivity index (χ1) is 17.0. The van der Waals surface area contributed by atoms with Crippen LogP contribution in [0.4, 0.5) is 8.78 Å². The largest absolute Gasteiger partial charge is 0.435 e. The Morgan fingerprint density at radius 3 is 1.77 bits per heavy atom. The summed E-state index contributed by atoms with van der Waals surface area (Å²) in [4.78, 5) is 12.3. The molecular formula is C30H34F2O3. The van der Waals surface area contributed by atoms with Crippen LogP contribution in [0, 0.1) is 0 Å². The zero-order valence-corrected chi connectivity index (χ0v) is 20.4. The molecule has 0 unspecified atom stereocenters. The molecule has 0 atom stereocenters. The van der Waals surface area contributed by atoms with Gasteiger partial charge in [0.1, 0.15) is 11.5 Å². The molecule has 3 rings (SSSR count). The molecule has 0 heterocycles. The predicted octanol–water partition coefficient (Wildman–Crippen LogP) is 8.86. The molecule has 0 spiro atoms. The number of unbranched alkanes of at least 4 members (excludes halogenated alkanes) is 7. The molecule has 0 bridgehead atoms. The zero-order chi connectivity index (χ0) is 24.9. The minimum absolute atomic E-state index is 0.00951. The number of halogens is 2. The van der Waals surface area contributed by atoms with E-state index in [1.807, 2.05) is 12.1 Å². The molecule has 3 aromatic carbocycles. The highest BCUT2D eigenvalue weighted by atomic mass is 19.3. The highest BCUT2D eigenvalue weighted by molar-refractivity contribution is 5.91. The lowest BCUT2D eigenvalue weighted by atomic mass is 10.0. The summed E-state index contributed by atoms with van der Waals surface area (Å²) >= 11 is 0. The molecule has 0 aliphatic carbocycles. The lowest BCUT2D eigenvalue weighted by molar-refractivity contribution is -0.0498. The van der Waals surface area contributed by atoms with Crippen LogP contribution in [0.2, 0.25) is 0 Å². The van der Waals surface area contributed by atoms with Gasteiger partial charge in [-0.25, -0.2) is 4.79 Å². The van der Waals surface area contributed by atoms with Crippen LogP contribution in [0.15, 0.2) is 72.8 Å². The fourth-order valence-electron chi connectivity index (χ4n) is 3.98. The second-order valence-corrected chi connectivity index (χ2v) is 8.74. The predicted molar refractivity (Wildman–Crippen MR) is 136 cm³/mol. The van der Waals surface area contributed by atoms with E-state index in [1.165, 1.54) is 81.2 Å². The van der Waals surface area contributed by atoms with Crippen molar-refractivity contribution in [3.8, 4) is 22.6 Å². The van der Waals surface area contributed by atoms with E-state index in [2.05, 4.69) is 35.9 Å². The van der Waals surface area contributed by atoms with Crippen LogP contribution in [0.25, 0.3) is 11.1 Å². The van der Waals surface area contributed by atoms with E-state index in [0.717, 1.165) is 17.5 Å². The number of ether oxygens (including phenoxy) is 2. The van der Waals surface area contributed by atoms with Crippen LogP contribution in [0.3, 0.4) is 0 Å². The molecule has 0 radical (unpaired) electrons. The Morgan fingerprint density at radius 2 is 1.20 bits per heavy atom. The lowest BCUT2D eigenvalue weighted by Gasteiger charge is -2.08. The molecule has 0 N–H and O–H groups in total. The van der Waals surface area contributed by atoms with Crippen molar-refractivity contribution < 1.29 is 23.0 Å². The number of rotatable bonds is 14. The number of hydrogen-bond acceptors (Lipinski definition) is 3. The van der Waals surface area contributed by atoms with Gasteiger partial charge in [0, 0.05) is 0 Å². The normalized spacial score (nSPS) is 11.0. The summed E-state index contributed by atoms with van der Waals surface area (Å²) in [5.74, 6) is -0.158. The minimum Gasteiger partial charge on any atom is -0.435 e. The van der Waals surface area contributed by atoms with Crippen molar-refractivity contribution in [2.75, 3.05) is 0 Å². The molecule has 0 saturated carbocycles. The van der Waals surface area contributed by atoms with E-state index in [4.69, 9.17) is 4.74 Å². The first-order valence-corrected chi connectivity index (χ1v) is 12.5. The van der Waals surface area contributed by atoms with Gasteiger partial charge in [0.25, 0.3) is 0 Å². The van der Waals surface area contributed by atoms with Crippen LogP contribution in [0.5, 0.6) is 11.5 Å². The Kier molecular flexibility index (Phi) is 10.7. The number of aryl methyl sites for hydroxylation is 1. The fraction of sp³-hybridized carbons (Fsp3) is 0.367. The number of benzene rings is 3. The number of carbonyl (C=O) groups is 1. The molecular weight excluding hydrogens is 446 g/mol. The Labute approximate surface area is 207 Å². The van der Waals surface area contributed by atoms with Gasteiger partial charge in [-0.15, -0.1) is 0 Å². The first kappa shape index (κ1) is 26.4. The maximum absolute atomic E-state index is 12.3.